The summed E-state index contributed by atoms with van der Waals surface area (Å²) in [5, 5.41) is 7.48. The van der Waals surface area contributed by atoms with Crippen molar-refractivity contribution in [2.24, 2.45) is 7.05 Å². The van der Waals surface area contributed by atoms with Crippen LogP contribution >= 0.6 is 0 Å². The van der Waals surface area contributed by atoms with E-state index in [-0.39, 0.29) is 11.9 Å². The highest BCUT2D eigenvalue weighted by molar-refractivity contribution is 5.19. The minimum Gasteiger partial charge on any atom is -0.305 e. The second-order valence-corrected chi connectivity index (χ2v) is 4.10. The summed E-state index contributed by atoms with van der Waals surface area (Å²) in [6.45, 7) is 2.80. The molecule has 1 heterocycles. The van der Waals surface area contributed by atoms with Gasteiger partial charge < -0.3 is 5.32 Å². The molecule has 3 nitrogen and oxygen atoms in total. The van der Waals surface area contributed by atoms with Crippen molar-refractivity contribution in [3.8, 4) is 0 Å². The molecule has 0 saturated carbocycles. The third-order valence-corrected chi connectivity index (χ3v) is 2.88. The lowest BCUT2D eigenvalue weighted by atomic mass is 10.1. The summed E-state index contributed by atoms with van der Waals surface area (Å²) in [6, 6.07) is 8.73. The molecule has 0 saturated heterocycles. The molecule has 0 aliphatic carbocycles. The van der Waals surface area contributed by atoms with Crippen molar-refractivity contribution in [1.82, 2.24) is 15.1 Å². The Balaban J connectivity index is 1.95. The number of aromatic nitrogens is 2. The third kappa shape index (κ3) is 2.91. The van der Waals surface area contributed by atoms with Crippen LogP contribution in [0.3, 0.4) is 0 Å². The first kappa shape index (κ1) is 11.8. The molecular formula is C13H16FN3. The van der Waals surface area contributed by atoms with Gasteiger partial charge in [0.25, 0.3) is 0 Å². The molecule has 0 spiro atoms. The minimum atomic E-state index is -0.201. The molecule has 0 aliphatic rings. The molecule has 0 unspecified atom stereocenters. The molecule has 4 heteroatoms. The maximum atomic E-state index is 12.8. The van der Waals surface area contributed by atoms with Crippen LogP contribution in [-0.2, 0) is 13.6 Å². The van der Waals surface area contributed by atoms with E-state index in [4.69, 9.17) is 0 Å². The van der Waals surface area contributed by atoms with Crippen molar-refractivity contribution < 1.29 is 4.39 Å². The van der Waals surface area contributed by atoms with E-state index in [1.165, 1.54) is 12.1 Å². The van der Waals surface area contributed by atoms with Crippen molar-refractivity contribution >= 4 is 0 Å². The Bertz CT molecular complexity index is 476. The Kier molecular flexibility index (Phi) is 3.54. The van der Waals surface area contributed by atoms with Gasteiger partial charge in [-0.15, -0.1) is 0 Å². The summed E-state index contributed by atoms with van der Waals surface area (Å²) < 4.78 is 14.6. The molecule has 0 amide bonds. The van der Waals surface area contributed by atoms with Gasteiger partial charge in [0, 0.05) is 25.8 Å². The van der Waals surface area contributed by atoms with Crippen molar-refractivity contribution in [3.05, 3.63) is 53.6 Å². The molecule has 0 aliphatic heterocycles. The van der Waals surface area contributed by atoms with E-state index >= 15 is 0 Å². The lowest BCUT2D eigenvalue weighted by Gasteiger charge is -2.14. The van der Waals surface area contributed by atoms with Gasteiger partial charge in [-0.1, -0.05) is 12.1 Å². The Hall–Kier alpha value is -1.68. The summed E-state index contributed by atoms with van der Waals surface area (Å²) in [6.07, 6.45) is 1.78. The lowest BCUT2D eigenvalue weighted by Crippen LogP contribution is -2.19. The van der Waals surface area contributed by atoms with Gasteiger partial charge in [-0.25, -0.2) is 4.39 Å². The summed E-state index contributed by atoms with van der Waals surface area (Å²) >= 11 is 0. The summed E-state index contributed by atoms with van der Waals surface area (Å²) in [5.41, 5.74) is 2.20. The SMILES string of the molecule is C[C@@H](NCc1ccnn1C)c1ccc(F)cc1. The fourth-order valence-electron chi connectivity index (χ4n) is 1.70. The van der Waals surface area contributed by atoms with Crippen LogP contribution in [0.2, 0.25) is 0 Å². The molecule has 1 aromatic heterocycles. The van der Waals surface area contributed by atoms with E-state index < -0.39 is 0 Å². The first-order valence-corrected chi connectivity index (χ1v) is 5.62. The van der Waals surface area contributed by atoms with Crippen LogP contribution in [0.15, 0.2) is 36.5 Å². The molecule has 0 bridgehead atoms. The summed E-state index contributed by atoms with van der Waals surface area (Å²) in [7, 11) is 1.92. The van der Waals surface area contributed by atoms with Crippen LogP contribution in [0, 0.1) is 5.82 Å². The first-order valence-electron chi connectivity index (χ1n) is 5.62. The second-order valence-electron chi connectivity index (χ2n) is 4.10. The number of hydrogen-bond acceptors (Lipinski definition) is 2. The van der Waals surface area contributed by atoms with Gasteiger partial charge in [-0.05, 0) is 30.7 Å². The Labute approximate surface area is 100 Å². The van der Waals surface area contributed by atoms with E-state index in [9.17, 15) is 4.39 Å². The Morgan fingerprint density at radius 2 is 2.00 bits per heavy atom. The maximum absolute atomic E-state index is 12.8. The summed E-state index contributed by atoms with van der Waals surface area (Å²) in [5.74, 6) is -0.201. The van der Waals surface area contributed by atoms with Gasteiger partial charge in [-0.2, -0.15) is 5.10 Å². The summed E-state index contributed by atoms with van der Waals surface area (Å²) in [4.78, 5) is 0. The maximum Gasteiger partial charge on any atom is 0.123 e. The zero-order valence-electron chi connectivity index (χ0n) is 10.0. The van der Waals surface area contributed by atoms with Gasteiger partial charge >= 0.3 is 0 Å². The molecule has 17 heavy (non-hydrogen) atoms. The lowest BCUT2D eigenvalue weighted by molar-refractivity contribution is 0.546. The third-order valence-electron chi connectivity index (χ3n) is 2.88. The van der Waals surface area contributed by atoms with Crippen molar-refractivity contribution in [1.29, 1.82) is 0 Å². The molecule has 0 radical (unpaired) electrons. The van der Waals surface area contributed by atoms with Crippen LogP contribution in [0.4, 0.5) is 4.39 Å². The number of nitrogens with zero attached hydrogens (tertiary/aromatic N) is 2. The van der Waals surface area contributed by atoms with E-state index in [0.29, 0.717) is 0 Å². The van der Waals surface area contributed by atoms with Gasteiger partial charge in [0.05, 0.1) is 5.69 Å². The van der Waals surface area contributed by atoms with Crippen molar-refractivity contribution in [3.63, 3.8) is 0 Å². The van der Waals surface area contributed by atoms with Crippen LogP contribution in [-0.4, -0.2) is 9.78 Å². The largest absolute Gasteiger partial charge is 0.305 e. The monoisotopic (exact) mass is 233 g/mol. The Morgan fingerprint density at radius 3 is 2.59 bits per heavy atom. The van der Waals surface area contributed by atoms with Crippen LogP contribution < -0.4 is 5.32 Å². The van der Waals surface area contributed by atoms with Gasteiger partial charge in [0.1, 0.15) is 5.82 Å². The van der Waals surface area contributed by atoms with Gasteiger partial charge in [0.15, 0.2) is 0 Å². The van der Waals surface area contributed by atoms with Crippen molar-refractivity contribution in [2.45, 2.75) is 19.5 Å². The highest BCUT2D eigenvalue weighted by Gasteiger charge is 2.06. The first-order chi connectivity index (χ1) is 8.16. The highest BCUT2D eigenvalue weighted by atomic mass is 19.1. The van der Waals surface area contributed by atoms with E-state index in [2.05, 4.69) is 17.3 Å². The van der Waals surface area contributed by atoms with E-state index in [1.54, 1.807) is 18.3 Å². The quantitative estimate of drug-likeness (QED) is 0.878. The Morgan fingerprint density at radius 1 is 1.29 bits per heavy atom. The average Bonchev–Trinajstić information content (AvgIpc) is 2.73. The molecule has 90 valence electrons. The number of benzene rings is 1. The average molecular weight is 233 g/mol. The molecule has 2 rings (SSSR count). The predicted molar refractivity (Wildman–Crippen MR) is 64.9 cm³/mol. The molecule has 0 fully saturated rings. The van der Waals surface area contributed by atoms with Crippen LogP contribution in [0.5, 0.6) is 0 Å². The number of aryl methyl sites for hydroxylation is 1. The standard InChI is InChI=1S/C13H16FN3/c1-10(11-3-5-12(14)6-4-11)15-9-13-7-8-16-17(13)2/h3-8,10,15H,9H2,1-2H3/t10-/m1/s1. The highest BCUT2D eigenvalue weighted by Crippen LogP contribution is 2.13. The zero-order valence-corrected chi connectivity index (χ0v) is 10.0. The van der Waals surface area contributed by atoms with Crippen molar-refractivity contribution in [2.75, 3.05) is 0 Å². The molecule has 2 aromatic rings. The second kappa shape index (κ2) is 5.10. The van der Waals surface area contributed by atoms with E-state index in [0.717, 1.165) is 17.8 Å². The number of rotatable bonds is 4. The smallest absolute Gasteiger partial charge is 0.123 e. The normalized spacial score (nSPS) is 12.6. The van der Waals surface area contributed by atoms with E-state index in [1.807, 2.05) is 17.8 Å². The van der Waals surface area contributed by atoms with Crippen LogP contribution in [0.25, 0.3) is 0 Å². The zero-order chi connectivity index (χ0) is 12.3. The molecule has 1 atom stereocenters. The number of halogens is 1. The predicted octanol–water partition coefficient (Wildman–Crippen LogP) is 2.41. The minimum absolute atomic E-state index is 0.186. The molecule has 1 N–H and O–H groups in total. The number of hydrogen-bond donors (Lipinski definition) is 1. The van der Waals surface area contributed by atoms with Gasteiger partial charge in [-0.3, -0.25) is 4.68 Å². The van der Waals surface area contributed by atoms with Crippen LogP contribution in [0.1, 0.15) is 24.2 Å². The topological polar surface area (TPSA) is 29.9 Å². The molecule has 1 aromatic carbocycles. The van der Waals surface area contributed by atoms with Gasteiger partial charge in [0.2, 0.25) is 0 Å². The number of nitrogens with one attached hydrogen (secondary N) is 1. The fraction of sp³-hybridized carbons (Fsp3) is 0.308. The molecular weight excluding hydrogens is 217 g/mol. The fourth-order valence-corrected chi connectivity index (χ4v) is 1.70.